The number of hydrogen-bond acceptors (Lipinski definition) is 2. The van der Waals surface area contributed by atoms with Crippen LogP contribution in [0.25, 0.3) is 32.9 Å². The molecule has 0 aliphatic carbocycles. The number of aryl methyl sites for hydroxylation is 1. The van der Waals surface area contributed by atoms with Crippen molar-refractivity contribution >= 4 is 33.1 Å². The Hall–Kier alpha value is -3.07. The smallest absolute Gasteiger partial charge is 0.220 e. The molecular formula is C20H18N3+. The van der Waals surface area contributed by atoms with Crippen molar-refractivity contribution < 1.29 is 4.57 Å². The van der Waals surface area contributed by atoms with Gasteiger partial charge in [0.25, 0.3) is 0 Å². The highest BCUT2D eigenvalue weighted by Crippen LogP contribution is 2.32. The third kappa shape index (κ3) is 2.09. The van der Waals surface area contributed by atoms with Crippen LogP contribution in [0.15, 0.2) is 66.7 Å². The van der Waals surface area contributed by atoms with E-state index in [2.05, 4.69) is 48.0 Å². The zero-order valence-corrected chi connectivity index (χ0v) is 13.0. The summed E-state index contributed by atoms with van der Waals surface area (Å²) in [6, 6.07) is 22.5. The number of para-hydroxylation sites is 1. The molecule has 0 saturated carbocycles. The van der Waals surface area contributed by atoms with Crippen LogP contribution in [0.4, 0.5) is 11.4 Å². The van der Waals surface area contributed by atoms with Gasteiger partial charge in [0.1, 0.15) is 7.05 Å². The molecule has 0 fully saturated rings. The van der Waals surface area contributed by atoms with Crippen LogP contribution in [-0.2, 0) is 7.05 Å². The predicted octanol–water partition coefficient (Wildman–Crippen LogP) is 3.65. The van der Waals surface area contributed by atoms with E-state index in [1.165, 1.54) is 16.3 Å². The second-order valence-electron chi connectivity index (χ2n) is 5.86. The fourth-order valence-corrected chi connectivity index (χ4v) is 3.32. The first kappa shape index (κ1) is 13.6. The monoisotopic (exact) mass is 300 g/mol. The van der Waals surface area contributed by atoms with Gasteiger partial charge in [0, 0.05) is 28.4 Å². The van der Waals surface area contributed by atoms with Crippen LogP contribution < -0.4 is 16.0 Å². The SMILES string of the molecule is C[n+]1c(-c2cccc(N)c2)c2cc(N)ccc2c2ccccc21. The number of nitrogen functional groups attached to an aromatic ring is 2. The molecule has 0 spiro atoms. The zero-order valence-electron chi connectivity index (χ0n) is 13.0. The number of hydrogen-bond donors (Lipinski definition) is 2. The molecule has 3 heteroatoms. The fraction of sp³-hybridized carbons (Fsp3) is 0.0500. The average molecular weight is 300 g/mol. The summed E-state index contributed by atoms with van der Waals surface area (Å²) in [4.78, 5) is 0. The van der Waals surface area contributed by atoms with Gasteiger partial charge in [-0.3, -0.25) is 0 Å². The topological polar surface area (TPSA) is 55.9 Å². The number of fused-ring (bicyclic) bond motifs is 3. The van der Waals surface area contributed by atoms with Crippen molar-refractivity contribution in [3.05, 3.63) is 66.7 Å². The molecule has 0 saturated heterocycles. The average Bonchev–Trinajstić information content (AvgIpc) is 2.55. The third-order valence-corrected chi connectivity index (χ3v) is 4.35. The molecule has 3 aromatic carbocycles. The fourth-order valence-electron chi connectivity index (χ4n) is 3.32. The molecule has 1 aromatic heterocycles. The molecule has 4 N–H and O–H groups in total. The number of aromatic nitrogens is 1. The van der Waals surface area contributed by atoms with Crippen LogP contribution in [0.5, 0.6) is 0 Å². The van der Waals surface area contributed by atoms with E-state index in [1.807, 2.05) is 30.3 Å². The Bertz CT molecular complexity index is 1050. The van der Waals surface area contributed by atoms with Gasteiger partial charge in [-0.25, -0.2) is 0 Å². The molecular weight excluding hydrogens is 282 g/mol. The van der Waals surface area contributed by atoms with Crippen LogP contribution in [0.1, 0.15) is 0 Å². The summed E-state index contributed by atoms with van der Waals surface area (Å²) >= 11 is 0. The lowest BCUT2D eigenvalue weighted by molar-refractivity contribution is -0.632. The van der Waals surface area contributed by atoms with Crippen molar-refractivity contribution in [2.75, 3.05) is 11.5 Å². The second-order valence-corrected chi connectivity index (χ2v) is 5.86. The van der Waals surface area contributed by atoms with Crippen molar-refractivity contribution in [2.45, 2.75) is 0 Å². The molecule has 4 aromatic rings. The van der Waals surface area contributed by atoms with Gasteiger partial charge in [0.2, 0.25) is 11.2 Å². The third-order valence-electron chi connectivity index (χ3n) is 4.35. The van der Waals surface area contributed by atoms with Gasteiger partial charge in [-0.2, -0.15) is 4.57 Å². The van der Waals surface area contributed by atoms with Crippen molar-refractivity contribution in [2.24, 2.45) is 7.05 Å². The van der Waals surface area contributed by atoms with Crippen molar-refractivity contribution in [1.82, 2.24) is 0 Å². The largest absolute Gasteiger partial charge is 0.399 e. The number of nitrogens with zero attached hydrogens (tertiary/aromatic N) is 1. The molecule has 23 heavy (non-hydrogen) atoms. The first-order valence-electron chi connectivity index (χ1n) is 7.61. The van der Waals surface area contributed by atoms with E-state index in [0.29, 0.717) is 0 Å². The van der Waals surface area contributed by atoms with E-state index in [1.54, 1.807) is 0 Å². The first-order chi connectivity index (χ1) is 11.1. The van der Waals surface area contributed by atoms with Gasteiger partial charge < -0.3 is 11.5 Å². The van der Waals surface area contributed by atoms with E-state index in [-0.39, 0.29) is 0 Å². The zero-order chi connectivity index (χ0) is 16.0. The Morgan fingerprint density at radius 2 is 1.48 bits per heavy atom. The highest BCUT2D eigenvalue weighted by Gasteiger charge is 2.20. The number of nitrogens with two attached hydrogens (primary N) is 2. The van der Waals surface area contributed by atoms with Gasteiger partial charge >= 0.3 is 0 Å². The summed E-state index contributed by atoms with van der Waals surface area (Å²) in [6.45, 7) is 0. The molecule has 0 aliphatic heterocycles. The lowest BCUT2D eigenvalue weighted by atomic mass is 9.98. The van der Waals surface area contributed by atoms with Crippen LogP contribution in [0, 0.1) is 0 Å². The molecule has 0 bridgehead atoms. The highest BCUT2D eigenvalue weighted by atomic mass is 14.9. The van der Waals surface area contributed by atoms with Gasteiger partial charge in [-0.1, -0.05) is 24.3 Å². The summed E-state index contributed by atoms with van der Waals surface area (Å²) in [5, 5.41) is 3.56. The maximum absolute atomic E-state index is 6.06. The molecule has 0 unspecified atom stereocenters. The lowest BCUT2D eigenvalue weighted by Crippen LogP contribution is -2.32. The van der Waals surface area contributed by atoms with Crippen LogP contribution in [-0.4, -0.2) is 0 Å². The number of rotatable bonds is 1. The second kappa shape index (κ2) is 4.99. The van der Waals surface area contributed by atoms with Gasteiger partial charge in [-0.15, -0.1) is 0 Å². The summed E-state index contributed by atoms with van der Waals surface area (Å²) in [7, 11) is 2.09. The summed E-state index contributed by atoms with van der Waals surface area (Å²) < 4.78 is 2.21. The van der Waals surface area contributed by atoms with Gasteiger partial charge in [0.15, 0.2) is 0 Å². The molecule has 0 aliphatic rings. The Morgan fingerprint density at radius 3 is 2.30 bits per heavy atom. The number of anilines is 2. The van der Waals surface area contributed by atoms with Crippen molar-refractivity contribution in [3.63, 3.8) is 0 Å². The normalized spacial score (nSPS) is 11.2. The molecule has 0 radical (unpaired) electrons. The van der Waals surface area contributed by atoms with Crippen LogP contribution in [0.3, 0.4) is 0 Å². The van der Waals surface area contributed by atoms with Gasteiger partial charge in [-0.05, 0) is 36.4 Å². The van der Waals surface area contributed by atoms with E-state index < -0.39 is 0 Å². The van der Waals surface area contributed by atoms with E-state index in [4.69, 9.17) is 11.5 Å². The molecule has 0 atom stereocenters. The van der Waals surface area contributed by atoms with Crippen LogP contribution in [0.2, 0.25) is 0 Å². The lowest BCUT2D eigenvalue weighted by Gasteiger charge is -2.10. The van der Waals surface area contributed by atoms with E-state index in [9.17, 15) is 0 Å². The molecule has 4 rings (SSSR count). The Balaban J connectivity index is 2.24. The Kier molecular flexibility index (Phi) is 2.95. The van der Waals surface area contributed by atoms with Crippen molar-refractivity contribution in [1.29, 1.82) is 0 Å². The minimum absolute atomic E-state index is 0.757. The predicted molar refractivity (Wildman–Crippen MR) is 96.9 cm³/mol. The maximum atomic E-state index is 6.06. The quantitative estimate of drug-likeness (QED) is 0.320. The Labute approximate surface area is 134 Å². The van der Waals surface area contributed by atoms with E-state index >= 15 is 0 Å². The minimum Gasteiger partial charge on any atom is -0.399 e. The molecule has 3 nitrogen and oxygen atoms in total. The standard InChI is InChI=1S/C20H18N3/c1-23-19-8-3-2-7-17(19)16-10-9-15(22)12-18(16)20(23)13-5-4-6-14(21)11-13/h2-12H,21-22H2,1H3/q+1. The Morgan fingerprint density at radius 1 is 0.696 bits per heavy atom. The highest BCUT2D eigenvalue weighted by molar-refractivity contribution is 6.09. The van der Waals surface area contributed by atoms with Crippen LogP contribution >= 0.6 is 0 Å². The molecule has 0 amide bonds. The minimum atomic E-state index is 0.757. The van der Waals surface area contributed by atoms with Gasteiger partial charge in [0.05, 0.1) is 10.8 Å². The number of pyridine rings is 1. The van der Waals surface area contributed by atoms with Crippen molar-refractivity contribution in [3.8, 4) is 11.3 Å². The molecule has 112 valence electrons. The first-order valence-corrected chi connectivity index (χ1v) is 7.61. The summed E-state index contributed by atoms with van der Waals surface area (Å²) in [5.74, 6) is 0. The molecule has 1 heterocycles. The maximum Gasteiger partial charge on any atom is 0.220 e. The summed E-state index contributed by atoms with van der Waals surface area (Å²) in [5.41, 5.74) is 17.0. The number of benzene rings is 3. The van der Waals surface area contributed by atoms with E-state index in [0.717, 1.165) is 28.0 Å². The summed E-state index contributed by atoms with van der Waals surface area (Å²) in [6.07, 6.45) is 0.